The van der Waals surface area contributed by atoms with Crippen molar-refractivity contribution >= 4 is 5.97 Å². The lowest BCUT2D eigenvalue weighted by atomic mass is 9.80. The molecule has 2 rings (SSSR count). The third kappa shape index (κ3) is 5.14. The fourth-order valence-corrected chi connectivity index (χ4v) is 3.07. The van der Waals surface area contributed by atoms with E-state index >= 15 is 0 Å². The van der Waals surface area contributed by atoms with E-state index in [1.165, 1.54) is 49.9 Å². The maximum Gasteiger partial charge on any atom is 0.314 e. The van der Waals surface area contributed by atoms with Gasteiger partial charge < -0.3 is 4.74 Å². The molecule has 0 amide bonds. The summed E-state index contributed by atoms with van der Waals surface area (Å²) in [5, 5.41) is 0. The molecule has 0 unspecified atom stereocenters. The Morgan fingerprint density at radius 1 is 1.14 bits per heavy atom. The van der Waals surface area contributed by atoms with Crippen molar-refractivity contribution in [2.24, 2.45) is 11.8 Å². The van der Waals surface area contributed by atoms with Gasteiger partial charge in [-0.05, 0) is 55.9 Å². The van der Waals surface area contributed by atoms with E-state index in [9.17, 15) is 9.18 Å². The van der Waals surface area contributed by atoms with Crippen molar-refractivity contribution in [1.82, 2.24) is 0 Å². The van der Waals surface area contributed by atoms with Crippen LogP contribution in [0.3, 0.4) is 0 Å². The molecule has 1 saturated carbocycles. The molecule has 1 aliphatic carbocycles. The van der Waals surface area contributed by atoms with E-state index in [1.807, 2.05) is 0 Å². The van der Waals surface area contributed by atoms with Gasteiger partial charge in [-0.15, -0.1) is 0 Å². The van der Waals surface area contributed by atoms with Crippen molar-refractivity contribution in [2.45, 2.75) is 58.3 Å². The zero-order valence-electron chi connectivity index (χ0n) is 12.8. The Bertz CT molecular complexity index is 433. The number of carbonyl (C=O) groups excluding carboxylic acids is 1. The minimum atomic E-state index is -0.317. The molecule has 3 heteroatoms. The SMILES string of the molecule is CCCCCC1CCC(C(=O)Oc2ccc(F)cc2)CC1. The molecule has 2 nitrogen and oxygen atoms in total. The van der Waals surface area contributed by atoms with Crippen molar-refractivity contribution in [2.75, 3.05) is 0 Å². The van der Waals surface area contributed by atoms with Crippen LogP contribution in [-0.2, 0) is 4.79 Å². The molecule has 0 spiro atoms. The van der Waals surface area contributed by atoms with Gasteiger partial charge in [0.2, 0.25) is 0 Å². The van der Waals surface area contributed by atoms with E-state index in [-0.39, 0.29) is 17.7 Å². The Balaban J connectivity index is 1.74. The molecular weight excluding hydrogens is 267 g/mol. The lowest BCUT2D eigenvalue weighted by molar-refractivity contribution is -0.140. The van der Waals surface area contributed by atoms with Gasteiger partial charge in [0.25, 0.3) is 0 Å². The zero-order valence-corrected chi connectivity index (χ0v) is 12.8. The summed E-state index contributed by atoms with van der Waals surface area (Å²) in [5.74, 6) is 0.756. The lowest BCUT2D eigenvalue weighted by Crippen LogP contribution is -2.25. The Hall–Kier alpha value is -1.38. The van der Waals surface area contributed by atoms with E-state index in [2.05, 4.69) is 6.92 Å². The average molecular weight is 292 g/mol. The van der Waals surface area contributed by atoms with Gasteiger partial charge in [-0.25, -0.2) is 4.39 Å². The molecule has 116 valence electrons. The number of ether oxygens (including phenoxy) is 1. The second kappa shape index (κ2) is 8.16. The fourth-order valence-electron chi connectivity index (χ4n) is 3.07. The van der Waals surface area contributed by atoms with Crippen LogP contribution in [0.15, 0.2) is 24.3 Å². The van der Waals surface area contributed by atoms with E-state index in [1.54, 1.807) is 0 Å². The summed E-state index contributed by atoms with van der Waals surface area (Å²) in [6.07, 6.45) is 9.30. The molecule has 0 saturated heterocycles. The molecule has 0 radical (unpaired) electrons. The second-order valence-corrected chi connectivity index (χ2v) is 6.09. The highest BCUT2D eigenvalue weighted by molar-refractivity contribution is 5.75. The first-order valence-electron chi connectivity index (χ1n) is 8.16. The number of unbranched alkanes of at least 4 members (excludes halogenated alkanes) is 2. The first-order valence-corrected chi connectivity index (χ1v) is 8.16. The number of carbonyl (C=O) groups is 1. The predicted molar refractivity (Wildman–Crippen MR) is 81.6 cm³/mol. The molecule has 1 fully saturated rings. The normalized spacial score (nSPS) is 22.0. The minimum absolute atomic E-state index is 0.0116. The maximum atomic E-state index is 12.8. The first-order chi connectivity index (χ1) is 10.2. The van der Waals surface area contributed by atoms with Crippen LogP contribution in [0.4, 0.5) is 4.39 Å². The topological polar surface area (TPSA) is 26.3 Å². The monoisotopic (exact) mass is 292 g/mol. The Labute approximate surface area is 126 Å². The van der Waals surface area contributed by atoms with E-state index in [4.69, 9.17) is 4.74 Å². The van der Waals surface area contributed by atoms with Crippen LogP contribution in [0.1, 0.15) is 58.3 Å². The number of hydrogen-bond acceptors (Lipinski definition) is 2. The first kappa shape index (κ1) is 16.0. The summed E-state index contributed by atoms with van der Waals surface area (Å²) in [4.78, 5) is 12.1. The molecule has 1 aliphatic rings. The van der Waals surface area contributed by atoms with Crippen LogP contribution < -0.4 is 4.74 Å². The number of hydrogen-bond donors (Lipinski definition) is 0. The van der Waals surface area contributed by atoms with E-state index in [0.717, 1.165) is 31.6 Å². The van der Waals surface area contributed by atoms with Crippen molar-refractivity contribution < 1.29 is 13.9 Å². The van der Waals surface area contributed by atoms with Gasteiger partial charge in [0.05, 0.1) is 5.92 Å². The van der Waals surface area contributed by atoms with Crippen LogP contribution in [0, 0.1) is 17.7 Å². The van der Waals surface area contributed by atoms with Gasteiger partial charge in [0, 0.05) is 0 Å². The number of halogens is 1. The smallest absolute Gasteiger partial charge is 0.314 e. The largest absolute Gasteiger partial charge is 0.426 e. The molecule has 0 heterocycles. The molecule has 0 bridgehead atoms. The van der Waals surface area contributed by atoms with Gasteiger partial charge in [-0.2, -0.15) is 0 Å². The van der Waals surface area contributed by atoms with E-state index in [0.29, 0.717) is 5.75 Å². The molecular formula is C18H25FO2. The standard InChI is InChI=1S/C18H25FO2/c1-2-3-4-5-14-6-8-15(9-7-14)18(20)21-17-12-10-16(19)11-13-17/h10-15H,2-9H2,1H3. The van der Waals surface area contributed by atoms with Crippen LogP contribution in [-0.4, -0.2) is 5.97 Å². The summed E-state index contributed by atoms with van der Waals surface area (Å²) < 4.78 is 18.1. The number of rotatable bonds is 6. The Kier molecular flexibility index (Phi) is 6.21. The average Bonchev–Trinajstić information content (AvgIpc) is 2.50. The van der Waals surface area contributed by atoms with Crippen molar-refractivity contribution in [3.05, 3.63) is 30.1 Å². The third-order valence-electron chi connectivity index (χ3n) is 4.43. The van der Waals surface area contributed by atoms with Gasteiger partial charge in [-0.3, -0.25) is 4.79 Å². The van der Waals surface area contributed by atoms with Crippen LogP contribution in [0.2, 0.25) is 0 Å². The van der Waals surface area contributed by atoms with Crippen molar-refractivity contribution in [3.63, 3.8) is 0 Å². The van der Waals surface area contributed by atoms with Crippen LogP contribution >= 0.6 is 0 Å². The summed E-state index contributed by atoms with van der Waals surface area (Å²) in [6.45, 7) is 2.22. The summed E-state index contributed by atoms with van der Waals surface area (Å²) in [5.41, 5.74) is 0. The van der Waals surface area contributed by atoms with E-state index < -0.39 is 0 Å². The zero-order chi connectivity index (χ0) is 15.1. The molecule has 1 aromatic rings. The molecule has 0 aliphatic heterocycles. The quantitative estimate of drug-likeness (QED) is 0.413. The summed E-state index contributed by atoms with van der Waals surface area (Å²) in [6, 6.07) is 5.63. The van der Waals surface area contributed by atoms with Crippen LogP contribution in [0.5, 0.6) is 5.75 Å². The summed E-state index contributed by atoms with van der Waals surface area (Å²) in [7, 11) is 0. The molecule has 0 aromatic heterocycles. The Morgan fingerprint density at radius 2 is 1.81 bits per heavy atom. The predicted octanol–water partition coefficient (Wildman–Crippen LogP) is 5.12. The highest BCUT2D eigenvalue weighted by Crippen LogP contribution is 2.33. The van der Waals surface area contributed by atoms with Gasteiger partial charge in [0.15, 0.2) is 0 Å². The second-order valence-electron chi connectivity index (χ2n) is 6.09. The number of esters is 1. The van der Waals surface area contributed by atoms with Gasteiger partial charge in [-0.1, -0.05) is 32.6 Å². The fraction of sp³-hybridized carbons (Fsp3) is 0.611. The minimum Gasteiger partial charge on any atom is -0.426 e. The lowest BCUT2D eigenvalue weighted by Gasteiger charge is -2.27. The van der Waals surface area contributed by atoms with Crippen LogP contribution in [0.25, 0.3) is 0 Å². The third-order valence-corrected chi connectivity index (χ3v) is 4.43. The maximum absolute atomic E-state index is 12.8. The van der Waals surface area contributed by atoms with Crippen molar-refractivity contribution in [1.29, 1.82) is 0 Å². The summed E-state index contributed by atoms with van der Waals surface area (Å²) >= 11 is 0. The molecule has 0 atom stereocenters. The van der Waals surface area contributed by atoms with Crippen molar-refractivity contribution in [3.8, 4) is 5.75 Å². The molecule has 21 heavy (non-hydrogen) atoms. The highest BCUT2D eigenvalue weighted by atomic mass is 19.1. The molecule has 1 aromatic carbocycles. The van der Waals surface area contributed by atoms with Gasteiger partial charge in [0.1, 0.15) is 11.6 Å². The molecule has 0 N–H and O–H groups in total. The highest BCUT2D eigenvalue weighted by Gasteiger charge is 2.27. The number of benzene rings is 1. The Morgan fingerprint density at radius 3 is 2.43 bits per heavy atom. The van der Waals surface area contributed by atoms with Gasteiger partial charge >= 0.3 is 5.97 Å².